The highest BCUT2D eigenvalue weighted by molar-refractivity contribution is 6.30. The molecule has 1 amide bonds. The Morgan fingerprint density at radius 3 is 2.46 bits per heavy atom. The summed E-state index contributed by atoms with van der Waals surface area (Å²) in [5.41, 5.74) is 0.346. The molecule has 0 radical (unpaired) electrons. The van der Waals surface area contributed by atoms with E-state index in [4.69, 9.17) is 30.5 Å². The molecule has 0 saturated carbocycles. The Morgan fingerprint density at radius 1 is 1.16 bits per heavy atom. The van der Waals surface area contributed by atoms with E-state index in [-0.39, 0.29) is 13.2 Å². The number of methoxy groups -OCH3 is 2. The van der Waals surface area contributed by atoms with Crippen molar-refractivity contribution >= 4 is 35.1 Å². The Bertz CT molecular complexity index is 1220. The minimum atomic E-state index is -1.53. The van der Waals surface area contributed by atoms with Gasteiger partial charge in [-0.2, -0.15) is 0 Å². The number of hydrogen-bond donors (Lipinski definition) is 1. The van der Waals surface area contributed by atoms with Crippen LogP contribution in [0.5, 0.6) is 11.5 Å². The van der Waals surface area contributed by atoms with E-state index in [9.17, 15) is 19.5 Å². The lowest BCUT2D eigenvalue weighted by Crippen LogP contribution is -2.46. The molecule has 1 aliphatic heterocycles. The van der Waals surface area contributed by atoms with E-state index in [0.29, 0.717) is 33.3 Å². The van der Waals surface area contributed by atoms with E-state index in [1.807, 2.05) is 13.8 Å². The molecule has 1 aliphatic rings. The van der Waals surface area contributed by atoms with Crippen LogP contribution in [0.1, 0.15) is 38.0 Å². The Hall–Kier alpha value is -3.56. The van der Waals surface area contributed by atoms with Gasteiger partial charge in [0.2, 0.25) is 0 Å². The molecule has 10 heteroatoms. The summed E-state index contributed by atoms with van der Waals surface area (Å²) >= 11 is 6.38. The number of esters is 1. The molecule has 3 rings (SSSR count). The van der Waals surface area contributed by atoms with Crippen LogP contribution < -0.4 is 14.4 Å². The standard InChI is InChI=1S/C27H30ClNO8/c1-15(26(32)33)22-25(31)29(13-27(3,4)14-36-16(2)30)20-11-10-17(28)12-19(20)23(37-22)18-8-7-9-21(34-5)24(18)35-6/h7-12,22-23H,1,13-14H2,2-6H3,(H,32,33)/t22-,23-/m1/s1. The van der Waals surface area contributed by atoms with Gasteiger partial charge in [-0.05, 0) is 24.3 Å². The van der Waals surface area contributed by atoms with Gasteiger partial charge in [0.05, 0.1) is 26.4 Å². The second-order valence-electron chi connectivity index (χ2n) is 9.38. The van der Waals surface area contributed by atoms with Gasteiger partial charge in [0.15, 0.2) is 17.6 Å². The number of carbonyl (C=O) groups is 3. The van der Waals surface area contributed by atoms with E-state index in [1.165, 1.54) is 26.0 Å². The molecule has 1 N–H and O–H groups in total. The van der Waals surface area contributed by atoms with Crippen molar-refractivity contribution in [2.45, 2.75) is 33.0 Å². The summed E-state index contributed by atoms with van der Waals surface area (Å²) in [4.78, 5) is 38.7. The number of benzene rings is 2. The first-order valence-electron chi connectivity index (χ1n) is 11.4. The number of hydrogen-bond acceptors (Lipinski definition) is 7. The van der Waals surface area contributed by atoms with Crippen LogP contribution in [0.2, 0.25) is 5.02 Å². The molecule has 0 aromatic heterocycles. The van der Waals surface area contributed by atoms with E-state index < -0.39 is 41.0 Å². The molecule has 2 aromatic rings. The molecule has 198 valence electrons. The molecular weight excluding hydrogens is 502 g/mol. The summed E-state index contributed by atoms with van der Waals surface area (Å²) < 4.78 is 22.5. The van der Waals surface area contributed by atoms with Crippen LogP contribution in [0, 0.1) is 5.41 Å². The molecule has 0 bridgehead atoms. The largest absolute Gasteiger partial charge is 0.493 e. The van der Waals surface area contributed by atoms with Crippen LogP contribution in [0.15, 0.2) is 48.6 Å². The predicted octanol–water partition coefficient (Wildman–Crippen LogP) is 4.41. The average molecular weight is 532 g/mol. The molecule has 2 aromatic carbocycles. The van der Waals surface area contributed by atoms with Crippen LogP contribution in [0.25, 0.3) is 0 Å². The number of amides is 1. The maximum absolute atomic E-state index is 13.9. The number of carbonyl (C=O) groups excluding carboxylic acids is 2. The predicted molar refractivity (Wildman–Crippen MR) is 137 cm³/mol. The van der Waals surface area contributed by atoms with Crippen molar-refractivity contribution in [2.75, 3.05) is 32.3 Å². The molecule has 37 heavy (non-hydrogen) atoms. The molecule has 0 aliphatic carbocycles. The van der Waals surface area contributed by atoms with Crippen molar-refractivity contribution in [1.29, 1.82) is 0 Å². The van der Waals surface area contributed by atoms with Crippen LogP contribution in [0.4, 0.5) is 5.69 Å². The first-order valence-corrected chi connectivity index (χ1v) is 11.8. The number of carboxylic acids is 1. The molecule has 9 nitrogen and oxygen atoms in total. The van der Waals surface area contributed by atoms with Gasteiger partial charge in [0, 0.05) is 40.7 Å². The van der Waals surface area contributed by atoms with Gasteiger partial charge in [0.1, 0.15) is 6.10 Å². The number of halogens is 1. The molecule has 0 spiro atoms. The molecule has 0 fully saturated rings. The summed E-state index contributed by atoms with van der Waals surface area (Å²) in [6.45, 7) is 8.70. The minimum absolute atomic E-state index is 0.0353. The first kappa shape index (κ1) is 28.0. The highest BCUT2D eigenvalue weighted by Crippen LogP contribution is 2.46. The topological polar surface area (TPSA) is 112 Å². The fourth-order valence-electron chi connectivity index (χ4n) is 4.15. The third-order valence-corrected chi connectivity index (χ3v) is 6.12. The number of fused-ring (bicyclic) bond motifs is 1. The molecular formula is C27H30ClNO8. The minimum Gasteiger partial charge on any atom is -0.493 e. The summed E-state index contributed by atoms with van der Waals surface area (Å²) in [5, 5.41) is 10.1. The number of ether oxygens (including phenoxy) is 4. The fraction of sp³-hybridized carbons (Fsp3) is 0.370. The van der Waals surface area contributed by atoms with E-state index in [1.54, 1.807) is 36.4 Å². The van der Waals surface area contributed by atoms with Gasteiger partial charge >= 0.3 is 11.9 Å². The highest BCUT2D eigenvalue weighted by Gasteiger charge is 2.42. The molecule has 0 saturated heterocycles. The average Bonchev–Trinajstić information content (AvgIpc) is 2.96. The summed E-state index contributed by atoms with van der Waals surface area (Å²) in [6.07, 6.45) is -2.50. The van der Waals surface area contributed by atoms with Crippen molar-refractivity contribution in [1.82, 2.24) is 0 Å². The van der Waals surface area contributed by atoms with Crippen LogP contribution in [-0.4, -0.2) is 56.4 Å². The van der Waals surface area contributed by atoms with Crippen molar-refractivity contribution in [3.8, 4) is 11.5 Å². The second kappa shape index (κ2) is 11.2. The number of para-hydroxylation sites is 1. The lowest BCUT2D eigenvalue weighted by atomic mass is 9.92. The van der Waals surface area contributed by atoms with Crippen LogP contribution in [-0.2, 0) is 23.9 Å². The van der Waals surface area contributed by atoms with Gasteiger partial charge in [-0.1, -0.05) is 44.2 Å². The SMILES string of the molecule is C=C(C(=O)O)[C@H]1O[C@H](c2cccc(OC)c2OC)c2cc(Cl)ccc2N(CC(C)(C)COC(C)=O)C1=O. The van der Waals surface area contributed by atoms with Gasteiger partial charge in [0.25, 0.3) is 5.91 Å². The van der Waals surface area contributed by atoms with E-state index in [2.05, 4.69) is 6.58 Å². The number of anilines is 1. The zero-order valence-electron chi connectivity index (χ0n) is 21.4. The Balaban J connectivity index is 2.25. The maximum Gasteiger partial charge on any atom is 0.334 e. The van der Waals surface area contributed by atoms with Gasteiger partial charge in [-0.3, -0.25) is 9.59 Å². The molecule has 0 unspecified atom stereocenters. The lowest BCUT2D eigenvalue weighted by Gasteiger charge is -2.33. The third-order valence-electron chi connectivity index (χ3n) is 5.88. The van der Waals surface area contributed by atoms with Gasteiger partial charge in [-0.15, -0.1) is 0 Å². The second-order valence-corrected chi connectivity index (χ2v) is 9.82. The van der Waals surface area contributed by atoms with Crippen LogP contribution in [0.3, 0.4) is 0 Å². The van der Waals surface area contributed by atoms with Crippen molar-refractivity contribution in [2.24, 2.45) is 5.41 Å². The van der Waals surface area contributed by atoms with Gasteiger partial charge in [-0.25, -0.2) is 4.79 Å². The van der Waals surface area contributed by atoms with E-state index in [0.717, 1.165) is 0 Å². The summed E-state index contributed by atoms with van der Waals surface area (Å²) in [6, 6.07) is 10.1. The number of carboxylic acid groups (broad SMARTS) is 1. The lowest BCUT2D eigenvalue weighted by molar-refractivity contribution is -0.144. The number of aliphatic carboxylic acids is 1. The van der Waals surface area contributed by atoms with Crippen molar-refractivity contribution in [3.05, 3.63) is 64.7 Å². The fourth-order valence-corrected chi connectivity index (χ4v) is 4.33. The monoisotopic (exact) mass is 531 g/mol. The molecule has 2 atom stereocenters. The Kier molecular flexibility index (Phi) is 8.50. The number of nitrogens with zero attached hydrogens (tertiary/aromatic N) is 1. The highest BCUT2D eigenvalue weighted by atomic mass is 35.5. The quantitative estimate of drug-likeness (QED) is 0.374. The van der Waals surface area contributed by atoms with Crippen molar-refractivity contribution in [3.63, 3.8) is 0 Å². The molecule has 1 heterocycles. The third kappa shape index (κ3) is 6.06. The smallest absolute Gasteiger partial charge is 0.334 e. The zero-order valence-corrected chi connectivity index (χ0v) is 22.1. The number of rotatable bonds is 9. The van der Waals surface area contributed by atoms with Gasteiger partial charge < -0.3 is 29.0 Å². The first-order chi connectivity index (χ1) is 17.4. The normalized spacial score (nSPS) is 17.5. The van der Waals surface area contributed by atoms with Crippen LogP contribution >= 0.6 is 11.6 Å². The van der Waals surface area contributed by atoms with Crippen molar-refractivity contribution < 1.29 is 38.4 Å². The summed E-state index contributed by atoms with van der Waals surface area (Å²) in [5.74, 6) is -1.67. The Morgan fingerprint density at radius 2 is 1.86 bits per heavy atom. The zero-order chi connectivity index (χ0) is 27.5. The Labute approximate surface area is 220 Å². The maximum atomic E-state index is 13.9. The van der Waals surface area contributed by atoms with E-state index >= 15 is 0 Å². The summed E-state index contributed by atoms with van der Waals surface area (Å²) in [7, 11) is 2.96.